The Balaban J connectivity index is 1.45. The summed E-state index contributed by atoms with van der Waals surface area (Å²) in [6.07, 6.45) is 6.46. The van der Waals surface area contributed by atoms with Crippen LogP contribution in [0.4, 0.5) is 5.82 Å². The molecule has 1 aromatic carbocycles. The van der Waals surface area contributed by atoms with Gasteiger partial charge in [0.1, 0.15) is 17.4 Å². The van der Waals surface area contributed by atoms with Crippen molar-refractivity contribution in [3.8, 4) is 6.07 Å². The monoisotopic (exact) mass is 513 g/mol. The molecule has 2 aliphatic rings. The molecule has 0 radical (unpaired) electrons. The number of hydrogen-bond acceptors (Lipinski definition) is 7. The van der Waals surface area contributed by atoms with Crippen LogP contribution in [0.15, 0.2) is 24.4 Å². The average Bonchev–Trinajstić information content (AvgIpc) is 3.26. The molecule has 0 bridgehead atoms. The molecule has 2 saturated heterocycles. The molecule has 2 fully saturated rings. The van der Waals surface area contributed by atoms with Crippen LogP contribution in [0.25, 0.3) is 11.2 Å². The molecule has 10 heteroatoms. The molecule has 35 heavy (non-hydrogen) atoms. The smallest absolute Gasteiger partial charge is 0.190 e. The van der Waals surface area contributed by atoms with Gasteiger partial charge in [0.15, 0.2) is 11.3 Å². The quantitative estimate of drug-likeness (QED) is 0.543. The number of anilines is 1. The lowest BCUT2D eigenvalue weighted by atomic mass is 9.90. The predicted molar refractivity (Wildman–Crippen MR) is 137 cm³/mol. The first-order valence-corrected chi connectivity index (χ1v) is 13.0. The molecule has 1 N–H and O–H groups in total. The first-order valence-electron chi connectivity index (χ1n) is 12.2. The lowest BCUT2D eigenvalue weighted by Gasteiger charge is -2.45. The van der Waals surface area contributed by atoms with Crippen LogP contribution in [0.3, 0.4) is 0 Å². The number of nitriles is 1. The maximum atomic E-state index is 10.2. The van der Waals surface area contributed by atoms with Gasteiger partial charge in [0, 0.05) is 41.7 Å². The summed E-state index contributed by atoms with van der Waals surface area (Å²) in [4.78, 5) is 14.2. The molecular weight excluding hydrogens is 485 g/mol. The summed E-state index contributed by atoms with van der Waals surface area (Å²) in [6, 6.07) is 7.61. The number of aliphatic hydroxyl groups is 1. The van der Waals surface area contributed by atoms with Crippen LogP contribution in [-0.4, -0.2) is 68.6 Å². The van der Waals surface area contributed by atoms with Gasteiger partial charge in [-0.25, -0.2) is 14.6 Å². The number of likely N-dealkylation sites (tertiary alicyclic amines) is 1. The Morgan fingerprint density at radius 1 is 1.20 bits per heavy atom. The van der Waals surface area contributed by atoms with Gasteiger partial charge in [-0.2, -0.15) is 10.4 Å². The van der Waals surface area contributed by atoms with Crippen LogP contribution in [0.2, 0.25) is 10.0 Å². The van der Waals surface area contributed by atoms with Gasteiger partial charge >= 0.3 is 0 Å². The summed E-state index contributed by atoms with van der Waals surface area (Å²) < 4.78 is 1.71. The Morgan fingerprint density at radius 2 is 2.00 bits per heavy atom. The first kappa shape index (κ1) is 24.3. The van der Waals surface area contributed by atoms with Crippen molar-refractivity contribution in [1.29, 1.82) is 5.26 Å². The lowest BCUT2D eigenvalue weighted by Crippen LogP contribution is -2.53. The van der Waals surface area contributed by atoms with Gasteiger partial charge in [-0.3, -0.25) is 4.90 Å². The van der Waals surface area contributed by atoms with E-state index in [0.29, 0.717) is 27.3 Å². The van der Waals surface area contributed by atoms with E-state index in [1.165, 1.54) is 19.3 Å². The van der Waals surface area contributed by atoms with Crippen molar-refractivity contribution in [3.05, 3.63) is 45.7 Å². The molecule has 4 heterocycles. The number of aliphatic hydroxyl groups excluding tert-OH is 1. The second kappa shape index (κ2) is 10.3. The minimum Gasteiger partial charge on any atom is -0.396 e. The minimum atomic E-state index is -0.274. The van der Waals surface area contributed by atoms with Gasteiger partial charge < -0.3 is 10.0 Å². The number of benzene rings is 1. The fraction of sp³-hybridized carbons (Fsp3) is 0.520. The fourth-order valence-electron chi connectivity index (χ4n) is 5.51. The van der Waals surface area contributed by atoms with Gasteiger partial charge in [-0.05, 0) is 57.0 Å². The van der Waals surface area contributed by atoms with Crippen molar-refractivity contribution in [2.24, 2.45) is 5.92 Å². The SMILES string of the molecule is C[C@H](c1ccc(Cl)cc1Cl)n1nc(C#N)c2ncc(N3CCC(N4CCCCC4)[C@H](CO)C3)nc21. The Bertz CT molecular complexity index is 1250. The van der Waals surface area contributed by atoms with E-state index in [1.54, 1.807) is 23.0 Å². The summed E-state index contributed by atoms with van der Waals surface area (Å²) in [5.41, 5.74) is 2.07. The van der Waals surface area contributed by atoms with E-state index in [1.807, 2.05) is 13.0 Å². The van der Waals surface area contributed by atoms with Crippen LogP contribution in [-0.2, 0) is 0 Å². The number of fused-ring (bicyclic) bond motifs is 1. The van der Waals surface area contributed by atoms with Gasteiger partial charge in [0.2, 0.25) is 0 Å². The highest BCUT2D eigenvalue weighted by atomic mass is 35.5. The zero-order valence-corrected chi connectivity index (χ0v) is 21.3. The third kappa shape index (κ3) is 4.70. The molecule has 1 unspecified atom stereocenters. The first-order chi connectivity index (χ1) is 17.0. The van der Waals surface area contributed by atoms with Crippen molar-refractivity contribution in [2.75, 3.05) is 37.7 Å². The summed E-state index contributed by atoms with van der Waals surface area (Å²) in [5, 5.41) is 25.4. The highest BCUT2D eigenvalue weighted by Crippen LogP contribution is 2.32. The second-order valence-electron chi connectivity index (χ2n) is 9.49. The van der Waals surface area contributed by atoms with E-state index in [4.69, 9.17) is 28.2 Å². The normalized spacial score (nSPS) is 22.3. The predicted octanol–water partition coefficient (Wildman–Crippen LogP) is 4.29. The third-order valence-electron chi connectivity index (χ3n) is 7.39. The zero-order chi connectivity index (χ0) is 24.5. The molecule has 0 amide bonds. The molecule has 2 aliphatic heterocycles. The topological polar surface area (TPSA) is 94.1 Å². The molecule has 5 rings (SSSR count). The maximum Gasteiger partial charge on any atom is 0.190 e. The molecule has 0 spiro atoms. The Labute approximate surface area is 215 Å². The third-order valence-corrected chi connectivity index (χ3v) is 7.95. The number of halogens is 2. The van der Waals surface area contributed by atoms with Crippen molar-refractivity contribution in [1.82, 2.24) is 24.6 Å². The van der Waals surface area contributed by atoms with E-state index in [2.05, 4.69) is 26.0 Å². The standard InChI is InChI=1S/C25H29Cl2N7O/c1-16(19-6-5-18(26)11-20(19)27)34-25-24(21(12-28)31-34)29-13-23(30-25)33-10-7-22(17(14-33)15-35)32-8-3-2-4-9-32/h5-6,11,13,16-17,22,35H,2-4,7-10,14-15H2,1H3/t16-,17+,22?/m1/s1. The van der Waals surface area contributed by atoms with E-state index in [0.717, 1.165) is 44.0 Å². The molecule has 0 saturated carbocycles. The second-order valence-corrected chi connectivity index (χ2v) is 10.3. The van der Waals surface area contributed by atoms with Crippen LogP contribution >= 0.6 is 23.2 Å². The number of nitrogens with zero attached hydrogens (tertiary/aromatic N) is 7. The van der Waals surface area contributed by atoms with E-state index < -0.39 is 0 Å². The molecule has 0 aliphatic carbocycles. The summed E-state index contributed by atoms with van der Waals surface area (Å²) in [5.74, 6) is 0.888. The Hall–Kier alpha value is -2.44. The van der Waals surface area contributed by atoms with E-state index in [-0.39, 0.29) is 24.3 Å². The molecule has 2 aromatic heterocycles. The van der Waals surface area contributed by atoms with E-state index >= 15 is 0 Å². The maximum absolute atomic E-state index is 10.2. The molecule has 3 atom stereocenters. The summed E-state index contributed by atoms with van der Waals surface area (Å²) >= 11 is 12.5. The number of rotatable bonds is 5. The largest absolute Gasteiger partial charge is 0.396 e. The van der Waals surface area contributed by atoms with E-state index in [9.17, 15) is 10.4 Å². The van der Waals surface area contributed by atoms with Gasteiger partial charge in [0.25, 0.3) is 0 Å². The molecule has 184 valence electrons. The van der Waals surface area contributed by atoms with Crippen LogP contribution < -0.4 is 4.90 Å². The Morgan fingerprint density at radius 3 is 2.71 bits per heavy atom. The molecule has 8 nitrogen and oxygen atoms in total. The Kier molecular flexibility index (Phi) is 7.12. The van der Waals surface area contributed by atoms with Gasteiger partial charge in [0.05, 0.1) is 12.2 Å². The van der Waals surface area contributed by atoms with Crippen molar-refractivity contribution in [3.63, 3.8) is 0 Å². The average molecular weight is 514 g/mol. The number of hydrogen-bond donors (Lipinski definition) is 1. The van der Waals surface area contributed by atoms with Crippen molar-refractivity contribution >= 4 is 40.2 Å². The highest BCUT2D eigenvalue weighted by molar-refractivity contribution is 6.35. The van der Waals surface area contributed by atoms with Gasteiger partial charge in [-0.1, -0.05) is 35.7 Å². The zero-order valence-electron chi connectivity index (χ0n) is 19.7. The summed E-state index contributed by atoms with van der Waals surface area (Å²) in [6.45, 7) is 5.91. The lowest BCUT2D eigenvalue weighted by molar-refractivity contribution is 0.0676. The summed E-state index contributed by atoms with van der Waals surface area (Å²) in [7, 11) is 0. The number of aromatic nitrogens is 4. The number of piperidine rings is 2. The van der Waals surface area contributed by atoms with Crippen LogP contribution in [0, 0.1) is 17.2 Å². The highest BCUT2D eigenvalue weighted by Gasteiger charge is 2.34. The molecule has 3 aromatic rings. The van der Waals surface area contributed by atoms with Gasteiger partial charge in [-0.15, -0.1) is 0 Å². The molecular formula is C25H29Cl2N7O. The van der Waals surface area contributed by atoms with Crippen LogP contribution in [0.1, 0.15) is 49.9 Å². The van der Waals surface area contributed by atoms with Crippen molar-refractivity contribution in [2.45, 2.75) is 44.7 Å². The minimum absolute atomic E-state index is 0.149. The fourth-order valence-corrected chi connectivity index (χ4v) is 6.07. The van der Waals surface area contributed by atoms with Crippen LogP contribution in [0.5, 0.6) is 0 Å². The van der Waals surface area contributed by atoms with Crippen molar-refractivity contribution < 1.29 is 5.11 Å².